The summed E-state index contributed by atoms with van der Waals surface area (Å²) in [5, 5.41) is 5.89. The van der Waals surface area contributed by atoms with Crippen LogP contribution in [0.1, 0.15) is 16.1 Å². The molecule has 2 aromatic heterocycles. The SMILES string of the molecule is O=C(NCCc1csc(-c2cccnc2)n1)c1ccc(Br)cc1. The Morgan fingerprint density at radius 2 is 2.04 bits per heavy atom. The predicted octanol–water partition coefficient (Wildman–Crippen LogP) is 3.94. The first-order valence-electron chi connectivity index (χ1n) is 7.11. The van der Waals surface area contributed by atoms with Crippen molar-refractivity contribution in [2.45, 2.75) is 6.42 Å². The molecule has 0 aliphatic heterocycles. The second-order valence-corrected chi connectivity index (χ2v) is 6.67. The predicted molar refractivity (Wildman–Crippen MR) is 95.5 cm³/mol. The number of hydrogen-bond donors (Lipinski definition) is 1. The maximum atomic E-state index is 12.0. The first kappa shape index (κ1) is 15.8. The first-order valence-corrected chi connectivity index (χ1v) is 8.78. The van der Waals surface area contributed by atoms with Crippen LogP contribution in [0.2, 0.25) is 0 Å². The number of carbonyl (C=O) groups excluding carboxylic acids is 1. The van der Waals surface area contributed by atoms with E-state index in [1.54, 1.807) is 35.9 Å². The van der Waals surface area contributed by atoms with Crippen LogP contribution in [0, 0.1) is 0 Å². The Morgan fingerprint density at radius 1 is 1.22 bits per heavy atom. The van der Waals surface area contributed by atoms with Crippen LogP contribution in [-0.4, -0.2) is 22.4 Å². The topological polar surface area (TPSA) is 54.9 Å². The van der Waals surface area contributed by atoms with E-state index in [0.717, 1.165) is 20.7 Å². The molecule has 0 atom stereocenters. The van der Waals surface area contributed by atoms with Gasteiger partial charge < -0.3 is 5.32 Å². The zero-order valence-electron chi connectivity index (χ0n) is 12.2. The normalized spacial score (nSPS) is 10.5. The molecule has 0 aliphatic carbocycles. The van der Waals surface area contributed by atoms with Crippen molar-refractivity contribution in [2.24, 2.45) is 0 Å². The summed E-state index contributed by atoms with van der Waals surface area (Å²) in [6.07, 6.45) is 4.26. The van der Waals surface area contributed by atoms with E-state index in [2.05, 4.69) is 31.2 Å². The number of pyridine rings is 1. The van der Waals surface area contributed by atoms with Gasteiger partial charge in [-0.3, -0.25) is 9.78 Å². The Kier molecular flexibility index (Phi) is 5.15. The highest BCUT2D eigenvalue weighted by Crippen LogP contribution is 2.22. The van der Waals surface area contributed by atoms with Crippen molar-refractivity contribution in [3.63, 3.8) is 0 Å². The average Bonchev–Trinajstić information content (AvgIpc) is 3.05. The quantitative estimate of drug-likeness (QED) is 0.721. The number of nitrogens with one attached hydrogen (secondary N) is 1. The lowest BCUT2D eigenvalue weighted by Gasteiger charge is -2.04. The number of rotatable bonds is 5. The van der Waals surface area contributed by atoms with Crippen LogP contribution in [0.4, 0.5) is 0 Å². The molecule has 3 aromatic rings. The number of amides is 1. The fourth-order valence-corrected chi connectivity index (χ4v) is 3.16. The molecule has 1 aromatic carbocycles. The minimum absolute atomic E-state index is 0.0692. The molecule has 0 radical (unpaired) electrons. The Bertz CT molecular complexity index is 787. The minimum Gasteiger partial charge on any atom is -0.352 e. The summed E-state index contributed by atoms with van der Waals surface area (Å²) >= 11 is 4.95. The number of thiazole rings is 1. The summed E-state index contributed by atoms with van der Waals surface area (Å²) in [5.74, 6) is -0.0692. The van der Waals surface area contributed by atoms with E-state index in [1.165, 1.54) is 0 Å². The van der Waals surface area contributed by atoms with Gasteiger partial charge in [0.2, 0.25) is 0 Å². The van der Waals surface area contributed by atoms with E-state index in [0.29, 0.717) is 18.5 Å². The fraction of sp³-hybridized carbons (Fsp3) is 0.118. The molecule has 23 heavy (non-hydrogen) atoms. The summed E-state index contributed by atoms with van der Waals surface area (Å²) in [5.41, 5.74) is 2.65. The number of hydrogen-bond acceptors (Lipinski definition) is 4. The van der Waals surface area contributed by atoms with Gasteiger partial charge in [-0.25, -0.2) is 4.98 Å². The van der Waals surface area contributed by atoms with Crippen molar-refractivity contribution in [1.82, 2.24) is 15.3 Å². The lowest BCUT2D eigenvalue weighted by atomic mass is 10.2. The van der Waals surface area contributed by atoms with Crippen LogP contribution in [-0.2, 0) is 6.42 Å². The maximum Gasteiger partial charge on any atom is 0.251 e. The molecule has 0 bridgehead atoms. The molecule has 0 saturated carbocycles. The Balaban J connectivity index is 1.54. The molecule has 0 fully saturated rings. The highest BCUT2D eigenvalue weighted by molar-refractivity contribution is 9.10. The molecule has 1 amide bonds. The van der Waals surface area contributed by atoms with Gasteiger partial charge in [0.25, 0.3) is 5.91 Å². The first-order chi connectivity index (χ1) is 11.2. The van der Waals surface area contributed by atoms with Gasteiger partial charge in [-0.1, -0.05) is 15.9 Å². The summed E-state index contributed by atoms with van der Waals surface area (Å²) in [7, 11) is 0. The summed E-state index contributed by atoms with van der Waals surface area (Å²) in [6, 6.07) is 11.2. The molecular weight excluding hydrogens is 374 g/mol. The highest BCUT2D eigenvalue weighted by atomic mass is 79.9. The maximum absolute atomic E-state index is 12.0. The number of nitrogens with zero attached hydrogens (tertiary/aromatic N) is 2. The molecule has 4 nitrogen and oxygen atoms in total. The summed E-state index contributed by atoms with van der Waals surface area (Å²) < 4.78 is 0.958. The largest absolute Gasteiger partial charge is 0.352 e. The third kappa shape index (κ3) is 4.24. The van der Waals surface area contributed by atoms with E-state index in [-0.39, 0.29) is 5.91 Å². The highest BCUT2D eigenvalue weighted by Gasteiger charge is 2.07. The van der Waals surface area contributed by atoms with Crippen LogP contribution in [0.25, 0.3) is 10.6 Å². The average molecular weight is 388 g/mol. The fourth-order valence-electron chi connectivity index (χ4n) is 2.05. The van der Waals surface area contributed by atoms with Gasteiger partial charge in [0, 0.05) is 46.3 Å². The lowest BCUT2D eigenvalue weighted by Crippen LogP contribution is -2.25. The van der Waals surface area contributed by atoms with Crippen molar-refractivity contribution in [1.29, 1.82) is 0 Å². The smallest absolute Gasteiger partial charge is 0.251 e. The molecule has 0 unspecified atom stereocenters. The standard InChI is InChI=1S/C17H14BrN3OS/c18-14-5-3-12(4-6-14)16(22)20-9-7-15-11-23-17(21-15)13-2-1-8-19-10-13/h1-6,8,10-11H,7,9H2,(H,20,22). The van der Waals surface area contributed by atoms with Crippen molar-refractivity contribution in [2.75, 3.05) is 6.54 Å². The Labute approximate surface area is 146 Å². The minimum atomic E-state index is -0.0692. The van der Waals surface area contributed by atoms with Crippen molar-refractivity contribution < 1.29 is 4.79 Å². The van der Waals surface area contributed by atoms with Gasteiger partial charge in [-0.15, -0.1) is 11.3 Å². The number of halogens is 1. The second kappa shape index (κ2) is 7.48. The van der Waals surface area contributed by atoms with Crippen LogP contribution >= 0.6 is 27.3 Å². The number of benzene rings is 1. The summed E-state index contributed by atoms with van der Waals surface area (Å²) in [4.78, 5) is 20.7. The van der Waals surface area contributed by atoms with E-state index in [4.69, 9.17) is 0 Å². The van der Waals surface area contributed by atoms with Crippen molar-refractivity contribution >= 4 is 33.2 Å². The van der Waals surface area contributed by atoms with Gasteiger partial charge in [-0.2, -0.15) is 0 Å². The van der Waals surface area contributed by atoms with Crippen LogP contribution < -0.4 is 5.32 Å². The Hall–Kier alpha value is -2.05. The number of carbonyl (C=O) groups is 1. The van der Waals surface area contributed by atoms with Crippen molar-refractivity contribution in [3.05, 3.63) is 69.9 Å². The molecule has 6 heteroatoms. The third-order valence-electron chi connectivity index (χ3n) is 3.23. The molecule has 3 rings (SSSR count). The summed E-state index contributed by atoms with van der Waals surface area (Å²) in [6.45, 7) is 0.561. The van der Waals surface area contributed by atoms with Crippen LogP contribution in [0.3, 0.4) is 0 Å². The van der Waals surface area contributed by atoms with Gasteiger partial charge >= 0.3 is 0 Å². The molecule has 0 spiro atoms. The third-order valence-corrected chi connectivity index (χ3v) is 4.70. The van der Waals surface area contributed by atoms with E-state index < -0.39 is 0 Å². The van der Waals surface area contributed by atoms with Gasteiger partial charge in [0.05, 0.1) is 5.69 Å². The zero-order valence-corrected chi connectivity index (χ0v) is 14.6. The van der Waals surface area contributed by atoms with E-state index in [1.807, 2.05) is 29.6 Å². The van der Waals surface area contributed by atoms with Gasteiger partial charge in [0.1, 0.15) is 5.01 Å². The zero-order chi connectivity index (χ0) is 16.1. The molecular formula is C17H14BrN3OS. The Morgan fingerprint density at radius 3 is 2.78 bits per heavy atom. The van der Waals surface area contributed by atoms with Crippen molar-refractivity contribution in [3.8, 4) is 10.6 Å². The number of aromatic nitrogens is 2. The van der Waals surface area contributed by atoms with Crippen LogP contribution in [0.5, 0.6) is 0 Å². The molecule has 116 valence electrons. The van der Waals surface area contributed by atoms with Crippen LogP contribution in [0.15, 0.2) is 58.6 Å². The second-order valence-electron chi connectivity index (χ2n) is 4.90. The molecule has 0 aliphatic rings. The van der Waals surface area contributed by atoms with Gasteiger partial charge in [0.15, 0.2) is 0 Å². The molecule has 2 heterocycles. The van der Waals surface area contributed by atoms with E-state index >= 15 is 0 Å². The molecule has 0 saturated heterocycles. The molecule has 1 N–H and O–H groups in total. The van der Waals surface area contributed by atoms with Gasteiger partial charge in [-0.05, 0) is 36.4 Å². The monoisotopic (exact) mass is 387 g/mol. The lowest BCUT2D eigenvalue weighted by molar-refractivity contribution is 0.0954. The van der Waals surface area contributed by atoms with E-state index in [9.17, 15) is 4.79 Å².